The molecule has 0 aliphatic carbocycles. The molecule has 1 N–H and O–H groups in total. The predicted octanol–water partition coefficient (Wildman–Crippen LogP) is -0.0620. The molecule has 6 heteroatoms. The molecule has 1 aliphatic heterocycles. The van der Waals surface area contributed by atoms with Crippen LogP contribution in [-0.4, -0.2) is 54.1 Å². The summed E-state index contributed by atoms with van der Waals surface area (Å²) in [6, 6.07) is 1.78. The first-order valence-electron chi connectivity index (χ1n) is 5.30. The molecule has 16 heavy (non-hydrogen) atoms. The summed E-state index contributed by atoms with van der Waals surface area (Å²) in [6.45, 7) is 2.96. The zero-order valence-corrected chi connectivity index (χ0v) is 9.26. The van der Waals surface area contributed by atoms with Gasteiger partial charge >= 0.3 is 6.03 Å². The van der Waals surface area contributed by atoms with Gasteiger partial charge in [-0.15, -0.1) is 0 Å². The van der Waals surface area contributed by atoms with Gasteiger partial charge in [0, 0.05) is 45.6 Å². The molecule has 2 rings (SSSR count). The molecule has 0 aromatic carbocycles. The third kappa shape index (κ3) is 2.21. The van der Waals surface area contributed by atoms with Gasteiger partial charge in [0.05, 0.1) is 0 Å². The molecule has 0 atom stereocenters. The Hall–Kier alpha value is -1.85. The van der Waals surface area contributed by atoms with E-state index in [4.69, 9.17) is 0 Å². The molecule has 6 nitrogen and oxygen atoms in total. The standard InChI is InChI=1S/C10H15N5O/c1-11-10(16)15-7-5-14(6-8-15)9-12-3-2-4-13-9/h2-4H,5-8H2,1H3,(H,11,16). The van der Waals surface area contributed by atoms with Crippen molar-refractivity contribution in [1.82, 2.24) is 20.2 Å². The number of carbonyl (C=O) groups excluding carboxylic acids is 1. The highest BCUT2D eigenvalue weighted by Gasteiger charge is 2.21. The van der Waals surface area contributed by atoms with Crippen LogP contribution < -0.4 is 10.2 Å². The second kappa shape index (κ2) is 4.78. The fraction of sp³-hybridized carbons (Fsp3) is 0.500. The van der Waals surface area contributed by atoms with Gasteiger partial charge in [-0.2, -0.15) is 0 Å². The lowest BCUT2D eigenvalue weighted by Crippen LogP contribution is -2.51. The molecule has 1 fully saturated rings. The van der Waals surface area contributed by atoms with Gasteiger partial charge in [-0.25, -0.2) is 14.8 Å². The number of carbonyl (C=O) groups is 1. The molecule has 86 valence electrons. The molecular weight excluding hydrogens is 206 g/mol. The molecular formula is C10H15N5O. The summed E-state index contributed by atoms with van der Waals surface area (Å²) in [5.41, 5.74) is 0. The van der Waals surface area contributed by atoms with E-state index >= 15 is 0 Å². The molecule has 0 spiro atoms. The Labute approximate surface area is 94.3 Å². The van der Waals surface area contributed by atoms with Crippen molar-refractivity contribution in [2.45, 2.75) is 0 Å². The van der Waals surface area contributed by atoms with Gasteiger partial charge in [-0.3, -0.25) is 0 Å². The Bertz CT molecular complexity index is 347. The number of amides is 2. The van der Waals surface area contributed by atoms with Crippen LogP contribution in [-0.2, 0) is 0 Å². The fourth-order valence-electron chi connectivity index (χ4n) is 1.72. The van der Waals surface area contributed by atoms with E-state index in [2.05, 4.69) is 20.2 Å². The Balaban J connectivity index is 1.93. The Morgan fingerprint density at radius 3 is 2.44 bits per heavy atom. The van der Waals surface area contributed by atoms with Crippen molar-refractivity contribution in [2.24, 2.45) is 0 Å². The molecule has 1 aliphatic rings. The number of anilines is 1. The number of hydrogen-bond donors (Lipinski definition) is 1. The van der Waals surface area contributed by atoms with Gasteiger partial charge in [0.2, 0.25) is 5.95 Å². The number of rotatable bonds is 1. The highest BCUT2D eigenvalue weighted by Crippen LogP contribution is 2.09. The monoisotopic (exact) mass is 221 g/mol. The lowest BCUT2D eigenvalue weighted by atomic mass is 10.3. The minimum absolute atomic E-state index is 0.0198. The summed E-state index contributed by atoms with van der Waals surface area (Å²) < 4.78 is 0. The Morgan fingerprint density at radius 2 is 1.88 bits per heavy atom. The minimum atomic E-state index is -0.0198. The SMILES string of the molecule is CNC(=O)N1CCN(c2ncccn2)CC1. The largest absolute Gasteiger partial charge is 0.341 e. The maximum atomic E-state index is 11.4. The number of hydrogen-bond acceptors (Lipinski definition) is 4. The first kappa shape index (κ1) is 10.7. The summed E-state index contributed by atoms with van der Waals surface area (Å²) in [5.74, 6) is 0.735. The summed E-state index contributed by atoms with van der Waals surface area (Å²) in [7, 11) is 1.65. The van der Waals surface area contributed by atoms with E-state index in [1.165, 1.54) is 0 Å². The fourth-order valence-corrected chi connectivity index (χ4v) is 1.72. The number of nitrogens with one attached hydrogen (secondary N) is 1. The summed E-state index contributed by atoms with van der Waals surface area (Å²) in [6.07, 6.45) is 3.46. The highest BCUT2D eigenvalue weighted by molar-refractivity contribution is 5.74. The van der Waals surface area contributed by atoms with E-state index < -0.39 is 0 Å². The molecule has 1 saturated heterocycles. The van der Waals surface area contributed by atoms with Gasteiger partial charge in [0.25, 0.3) is 0 Å². The van der Waals surface area contributed by atoms with Crippen molar-refractivity contribution >= 4 is 12.0 Å². The van der Waals surface area contributed by atoms with Crippen LogP contribution in [0.4, 0.5) is 10.7 Å². The van der Waals surface area contributed by atoms with Crippen LogP contribution in [0.5, 0.6) is 0 Å². The minimum Gasteiger partial charge on any atom is -0.341 e. The lowest BCUT2D eigenvalue weighted by Gasteiger charge is -2.34. The predicted molar refractivity (Wildman–Crippen MR) is 60.3 cm³/mol. The Morgan fingerprint density at radius 1 is 1.25 bits per heavy atom. The smallest absolute Gasteiger partial charge is 0.317 e. The number of piperazine rings is 1. The first-order chi connectivity index (χ1) is 7.81. The van der Waals surface area contributed by atoms with Gasteiger partial charge in [-0.05, 0) is 6.07 Å². The van der Waals surface area contributed by atoms with Crippen molar-refractivity contribution in [3.8, 4) is 0 Å². The van der Waals surface area contributed by atoms with Crippen LogP contribution in [0.15, 0.2) is 18.5 Å². The Kier molecular flexibility index (Phi) is 3.19. The van der Waals surface area contributed by atoms with Gasteiger partial charge in [-0.1, -0.05) is 0 Å². The first-order valence-corrected chi connectivity index (χ1v) is 5.30. The van der Waals surface area contributed by atoms with Crippen LogP contribution in [0.25, 0.3) is 0 Å². The average molecular weight is 221 g/mol. The van der Waals surface area contributed by atoms with Crippen LogP contribution in [0.1, 0.15) is 0 Å². The van der Waals surface area contributed by atoms with Crippen molar-refractivity contribution in [2.75, 3.05) is 38.1 Å². The van der Waals surface area contributed by atoms with E-state index in [0.29, 0.717) is 13.1 Å². The maximum Gasteiger partial charge on any atom is 0.317 e. The maximum absolute atomic E-state index is 11.4. The highest BCUT2D eigenvalue weighted by atomic mass is 16.2. The second-order valence-electron chi connectivity index (χ2n) is 3.58. The molecule has 1 aromatic heterocycles. The molecule has 1 aromatic rings. The molecule has 2 amide bonds. The third-order valence-electron chi connectivity index (χ3n) is 2.62. The van der Waals surface area contributed by atoms with Gasteiger partial charge in [0.1, 0.15) is 0 Å². The van der Waals surface area contributed by atoms with Crippen LogP contribution >= 0.6 is 0 Å². The number of urea groups is 1. The quantitative estimate of drug-likeness (QED) is 0.721. The van der Waals surface area contributed by atoms with Crippen molar-refractivity contribution in [3.05, 3.63) is 18.5 Å². The average Bonchev–Trinajstić information content (AvgIpc) is 2.39. The number of aromatic nitrogens is 2. The number of nitrogens with zero attached hydrogens (tertiary/aromatic N) is 4. The topological polar surface area (TPSA) is 61.4 Å². The van der Waals surface area contributed by atoms with Gasteiger partial charge < -0.3 is 15.1 Å². The lowest BCUT2D eigenvalue weighted by molar-refractivity contribution is 0.196. The van der Waals surface area contributed by atoms with Crippen LogP contribution in [0.2, 0.25) is 0 Å². The summed E-state index contributed by atoms with van der Waals surface area (Å²) >= 11 is 0. The zero-order valence-electron chi connectivity index (χ0n) is 9.26. The van der Waals surface area contributed by atoms with Crippen LogP contribution in [0.3, 0.4) is 0 Å². The van der Waals surface area contributed by atoms with E-state index in [9.17, 15) is 4.79 Å². The molecule has 2 heterocycles. The van der Waals surface area contributed by atoms with E-state index in [1.807, 2.05) is 0 Å². The molecule has 0 unspecified atom stereocenters. The summed E-state index contributed by atoms with van der Waals surface area (Å²) in [4.78, 5) is 23.6. The van der Waals surface area contributed by atoms with E-state index in [-0.39, 0.29) is 6.03 Å². The van der Waals surface area contributed by atoms with Crippen molar-refractivity contribution in [1.29, 1.82) is 0 Å². The molecule has 0 saturated carbocycles. The van der Waals surface area contributed by atoms with E-state index in [1.54, 1.807) is 30.4 Å². The van der Waals surface area contributed by atoms with Gasteiger partial charge in [0.15, 0.2) is 0 Å². The molecule has 0 bridgehead atoms. The summed E-state index contributed by atoms with van der Waals surface area (Å²) in [5, 5.41) is 2.63. The van der Waals surface area contributed by atoms with Crippen LogP contribution in [0, 0.1) is 0 Å². The van der Waals surface area contributed by atoms with E-state index in [0.717, 1.165) is 19.0 Å². The third-order valence-corrected chi connectivity index (χ3v) is 2.62. The zero-order chi connectivity index (χ0) is 11.4. The van der Waals surface area contributed by atoms with Crippen molar-refractivity contribution in [3.63, 3.8) is 0 Å². The molecule has 0 radical (unpaired) electrons. The normalized spacial score (nSPS) is 16.1. The van der Waals surface area contributed by atoms with Crippen molar-refractivity contribution < 1.29 is 4.79 Å². The second-order valence-corrected chi connectivity index (χ2v) is 3.58.